The minimum absolute atomic E-state index is 0.376. The number of hydrogen-bond donors (Lipinski definition) is 1. The highest BCUT2D eigenvalue weighted by atomic mass is 32.1. The fraction of sp³-hybridized carbons (Fsp3) is 0.185. The maximum Gasteiger partial charge on any atom is 0.325 e. The summed E-state index contributed by atoms with van der Waals surface area (Å²) in [4.78, 5) is 47.6. The van der Waals surface area contributed by atoms with E-state index in [9.17, 15) is 14.4 Å². The molecule has 0 saturated carbocycles. The lowest BCUT2D eigenvalue weighted by Crippen LogP contribution is -2.44. The summed E-state index contributed by atoms with van der Waals surface area (Å²) in [7, 11) is 0. The molecule has 4 aromatic rings. The second-order valence-electron chi connectivity index (χ2n) is 8.86. The van der Waals surface area contributed by atoms with Crippen molar-refractivity contribution in [2.75, 3.05) is 11.4 Å². The van der Waals surface area contributed by atoms with Gasteiger partial charge >= 0.3 is 6.03 Å². The standard InChI is InChI=1S/C27H22N4O3S/c1-17-8-2-6-12-21(17)31(26-28-20-11-5-7-13-22(20)35-26)23(32)16-30-24(33)27(29-25(30)34)15-14-18-9-3-4-10-19(18)27/h2-13H,14-16H2,1H3,(H,29,34). The SMILES string of the molecule is Cc1ccccc1N(C(=O)CN1C(=O)NC2(CCc3ccccc32)C1=O)c1nc2ccccc2s1. The van der Waals surface area contributed by atoms with Gasteiger partial charge in [-0.1, -0.05) is 65.9 Å². The number of aryl methyl sites for hydroxylation is 2. The highest BCUT2D eigenvalue weighted by molar-refractivity contribution is 7.22. The third kappa shape index (κ3) is 3.32. The molecule has 1 fully saturated rings. The molecule has 1 unspecified atom stereocenters. The molecule has 1 spiro atoms. The van der Waals surface area contributed by atoms with Crippen LogP contribution in [0.25, 0.3) is 10.2 Å². The Hall–Kier alpha value is -4.04. The minimum atomic E-state index is -1.10. The van der Waals surface area contributed by atoms with Gasteiger partial charge in [0.2, 0.25) is 0 Å². The first kappa shape index (κ1) is 21.5. The largest absolute Gasteiger partial charge is 0.325 e. The average molecular weight is 483 g/mol. The molecule has 0 radical (unpaired) electrons. The predicted molar refractivity (Wildman–Crippen MR) is 135 cm³/mol. The molecule has 8 heteroatoms. The first-order valence-electron chi connectivity index (χ1n) is 11.4. The van der Waals surface area contributed by atoms with Crippen LogP contribution in [0.15, 0.2) is 72.8 Å². The minimum Gasteiger partial charge on any atom is -0.319 e. The fourth-order valence-corrected chi connectivity index (χ4v) is 6.05. The Morgan fingerprint density at radius 2 is 1.80 bits per heavy atom. The first-order chi connectivity index (χ1) is 17.0. The van der Waals surface area contributed by atoms with Crippen LogP contribution in [0.1, 0.15) is 23.1 Å². The van der Waals surface area contributed by atoms with Crippen LogP contribution in [0.4, 0.5) is 15.6 Å². The van der Waals surface area contributed by atoms with E-state index >= 15 is 0 Å². The van der Waals surface area contributed by atoms with E-state index in [1.807, 2.05) is 79.7 Å². The number of aromatic nitrogens is 1. The Balaban J connectivity index is 1.36. The summed E-state index contributed by atoms with van der Waals surface area (Å²) < 4.78 is 0.949. The van der Waals surface area contributed by atoms with Gasteiger partial charge in [0, 0.05) is 0 Å². The number of hydrogen-bond acceptors (Lipinski definition) is 5. The van der Waals surface area contributed by atoms with Crippen LogP contribution >= 0.6 is 11.3 Å². The Bertz CT molecular complexity index is 1480. The van der Waals surface area contributed by atoms with E-state index in [-0.39, 0.29) is 12.5 Å². The van der Waals surface area contributed by atoms with Crippen molar-refractivity contribution in [2.24, 2.45) is 0 Å². The topological polar surface area (TPSA) is 82.6 Å². The van der Waals surface area contributed by atoms with Gasteiger partial charge in [-0.3, -0.25) is 19.4 Å². The van der Waals surface area contributed by atoms with Crippen LogP contribution in [-0.4, -0.2) is 34.3 Å². The van der Waals surface area contributed by atoms with Crippen LogP contribution in [-0.2, 0) is 21.5 Å². The van der Waals surface area contributed by atoms with Crippen molar-refractivity contribution < 1.29 is 14.4 Å². The van der Waals surface area contributed by atoms with Gasteiger partial charge in [-0.2, -0.15) is 0 Å². The number of carbonyl (C=O) groups is 3. The van der Waals surface area contributed by atoms with Crippen molar-refractivity contribution >= 4 is 50.2 Å². The van der Waals surface area contributed by atoms with Gasteiger partial charge in [-0.25, -0.2) is 9.78 Å². The molecule has 4 amide bonds. The van der Waals surface area contributed by atoms with Crippen molar-refractivity contribution in [1.82, 2.24) is 15.2 Å². The van der Waals surface area contributed by atoms with E-state index in [1.54, 1.807) is 0 Å². The number of thiazole rings is 1. The van der Waals surface area contributed by atoms with E-state index < -0.39 is 17.5 Å². The Morgan fingerprint density at radius 1 is 1.06 bits per heavy atom. The maximum atomic E-state index is 13.8. The number of nitrogens with one attached hydrogen (secondary N) is 1. The van der Waals surface area contributed by atoms with Crippen LogP contribution in [0, 0.1) is 6.92 Å². The molecule has 2 aliphatic rings. The molecule has 1 aliphatic heterocycles. The number of para-hydroxylation sites is 2. The number of rotatable bonds is 4. The molecule has 35 heavy (non-hydrogen) atoms. The zero-order valence-corrected chi connectivity index (χ0v) is 19.8. The molecule has 1 N–H and O–H groups in total. The van der Waals surface area contributed by atoms with Crippen molar-refractivity contribution in [3.8, 4) is 0 Å². The molecule has 1 aromatic heterocycles. The van der Waals surface area contributed by atoms with Crippen molar-refractivity contribution in [2.45, 2.75) is 25.3 Å². The predicted octanol–water partition coefficient (Wildman–Crippen LogP) is 4.66. The van der Waals surface area contributed by atoms with Crippen molar-refractivity contribution in [3.63, 3.8) is 0 Å². The molecule has 1 aliphatic carbocycles. The molecule has 7 nitrogen and oxygen atoms in total. The number of nitrogens with zero attached hydrogens (tertiary/aromatic N) is 3. The van der Waals surface area contributed by atoms with E-state index in [1.165, 1.54) is 16.2 Å². The van der Waals surface area contributed by atoms with E-state index in [0.717, 1.165) is 31.8 Å². The highest BCUT2D eigenvalue weighted by Gasteiger charge is 2.55. The third-order valence-corrected chi connectivity index (χ3v) is 7.82. The molecule has 3 aromatic carbocycles. The monoisotopic (exact) mass is 482 g/mol. The molecule has 1 saturated heterocycles. The maximum absolute atomic E-state index is 13.8. The van der Waals surface area contributed by atoms with Gasteiger partial charge in [0.25, 0.3) is 11.8 Å². The number of carbonyl (C=O) groups excluding carboxylic acids is 3. The smallest absolute Gasteiger partial charge is 0.319 e. The van der Waals surface area contributed by atoms with Crippen LogP contribution < -0.4 is 10.2 Å². The number of urea groups is 1. The number of benzene rings is 3. The zero-order chi connectivity index (χ0) is 24.2. The van der Waals surface area contributed by atoms with Crippen LogP contribution in [0.5, 0.6) is 0 Å². The highest BCUT2D eigenvalue weighted by Crippen LogP contribution is 2.41. The summed E-state index contributed by atoms with van der Waals surface area (Å²) in [5.41, 5.74) is 3.11. The Labute approximate surface area is 206 Å². The number of amides is 4. The molecule has 6 rings (SSSR count). The Morgan fingerprint density at radius 3 is 2.63 bits per heavy atom. The lowest BCUT2D eigenvalue weighted by atomic mass is 9.92. The summed E-state index contributed by atoms with van der Waals surface area (Å²) in [6, 6.07) is 22.3. The van der Waals surface area contributed by atoms with E-state index in [2.05, 4.69) is 10.3 Å². The third-order valence-electron chi connectivity index (χ3n) is 6.80. The number of imide groups is 1. The van der Waals surface area contributed by atoms with Gasteiger partial charge in [0.15, 0.2) is 5.13 Å². The first-order valence-corrected chi connectivity index (χ1v) is 12.3. The second-order valence-corrected chi connectivity index (χ2v) is 9.87. The van der Waals surface area contributed by atoms with E-state index in [0.29, 0.717) is 23.7 Å². The van der Waals surface area contributed by atoms with Crippen molar-refractivity contribution in [3.05, 3.63) is 89.5 Å². The summed E-state index contributed by atoms with van der Waals surface area (Å²) in [6.07, 6.45) is 1.19. The summed E-state index contributed by atoms with van der Waals surface area (Å²) >= 11 is 1.40. The fourth-order valence-electron chi connectivity index (χ4n) is 5.05. The summed E-state index contributed by atoms with van der Waals surface area (Å²) in [5.74, 6) is -0.778. The van der Waals surface area contributed by atoms with Crippen molar-refractivity contribution in [1.29, 1.82) is 0 Å². The van der Waals surface area contributed by atoms with E-state index in [4.69, 9.17) is 0 Å². The lowest BCUT2D eigenvalue weighted by molar-refractivity contribution is -0.134. The molecule has 1 atom stereocenters. The quantitative estimate of drug-likeness (QED) is 0.429. The molecule has 174 valence electrons. The Kier molecular flexibility index (Phi) is 4.93. The van der Waals surface area contributed by atoms with Crippen LogP contribution in [0.3, 0.4) is 0 Å². The van der Waals surface area contributed by atoms with Gasteiger partial charge in [0.05, 0.1) is 15.9 Å². The zero-order valence-electron chi connectivity index (χ0n) is 19.0. The van der Waals surface area contributed by atoms with Gasteiger partial charge in [-0.15, -0.1) is 0 Å². The summed E-state index contributed by atoms with van der Waals surface area (Å²) in [5, 5.41) is 3.39. The number of anilines is 2. The second kappa shape index (κ2) is 8.02. The number of fused-ring (bicyclic) bond motifs is 3. The summed E-state index contributed by atoms with van der Waals surface area (Å²) in [6.45, 7) is 1.54. The normalized spacial score (nSPS) is 18.8. The average Bonchev–Trinajstić information content (AvgIpc) is 3.52. The molecular formula is C27H22N4O3S. The molecule has 0 bridgehead atoms. The van der Waals surface area contributed by atoms with Crippen LogP contribution in [0.2, 0.25) is 0 Å². The molecule has 2 heterocycles. The molecular weight excluding hydrogens is 460 g/mol. The van der Waals surface area contributed by atoms with Gasteiger partial charge in [0.1, 0.15) is 12.1 Å². The lowest BCUT2D eigenvalue weighted by Gasteiger charge is -2.25. The van der Waals surface area contributed by atoms with Gasteiger partial charge in [-0.05, 0) is 54.7 Å². The van der Waals surface area contributed by atoms with Gasteiger partial charge < -0.3 is 5.32 Å².